The third kappa shape index (κ3) is 9.35. The van der Waals surface area contributed by atoms with E-state index >= 15 is 0 Å². The summed E-state index contributed by atoms with van der Waals surface area (Å²) in [7, 11) is 4.56. The molecule has 10 nitrogen and oxygen atoms in total. The molecule has 2 aromatic heterocycles. The zero-order chi connectivity index (χ0) is 22.4. The average Bonchev–Trinajstić information content (AvgIpc) is 2.75. The molecule has 0 fully saturated rings. The molecular weight excluding hydrogens is 463 g/mol. The smallest absolute Gasteiger partial charge is 0.481 e. The van der Waals surface area contributed by atoms with Crippen molar-refractivity contribution < 1.29 is 38.5 Å². The Morgan fingerprint density at radius 2 is 1.30 bits per heavy atom. The number of pyridine rings is 2. The first-order valence-corrected chi connectivity index (χ1v) is 9.48. The molecule has 2 rings (SSSR count). The summed E-state index contributed by atoms with van der Waals surface area (Å²) in [4.78, 5) is 8.27. The molecule has 12 heteroatoms. The Kier molecular flexibility index (Phi) is 13.2. The average molecular weight is 489 g/mol. The topological polar surface area (TPSA) is 122 Å². The minimum absolute atomic E-state index is 0.111. The molecule has 0 saturated heterocycles. The number of hydrogen-bond donors (Lipinski definition) is 2. The Morgan fingerprint density at radius 1 is 0.800 bits per heavy atom. The van der Waals surface area contributed by atoms with Crippen LogP contribution in [0, 0.1) is 0 Å². The van der Waals surface area contributed by atoms with Crippen molar-refractivity contribution in [2.75, 3.05) is 42.0 Å². The predicted molar refractivity (Wildman–Crippen MR) is 112 cm³/mol. The van der Waals surface area contributed by atoms with Gasteiger partial charge in [0.05, 0.1) is 38.8 Å². The van der Waals surface area contributed by atoms with Crippen molar-refractivity contribution in [2.24, 2.45) is 0 Å². The molecule has 0 amide bonds. The quantitative estimate of drug-likeness (QED) is 0.267. The monoisotopic (exact) mass is 488 g/mol. The highest BCUT2D eigenvalue weighted by molar-refractivity contribution is 9.10. The number of nitrogens with zero attached hydrogens (tertiary/aromatic N) is 2. The molecule has 0 spiro atoms. The second-order valence-corrected chi connectivity index (χ2v) is 6.41. The summed E-state index contributed by atoms with van der Waals surface area (Å²) in [6, 6.07) is 6.73. The van der Waals surface area contributed by atoms with Gasteiger partial charge in [0.15, 0.2) is 0 Å². The van der Waals surface area contributed by atoms with Gasteiger partial charge in [-0.05, 0) is 28.1 Å². The van der Waals surface area contributed by atoms with Crippen LogP contribution in [0.25, 0.3) is 0 Å². The molecule has 0 aliphatic carbocycles. The molecule has 30 heavy (non-hydrogen) atoms. The lowest BCUT2D eigenvalue weighted by Crippen LogP contribution is -2.34. The van der Waals surface area contributed by atoms with E-state index in [0.29, 0.717) is 24.1 Å². The summed E-state index contributed by atoms with van der Waals surface area (Å²) in [6.45, 7) is 0.884. The third-order valence-electron chi connectivity index (χ3n) is 3.45. The van der Waals surface area contributed by atoms with Gasteiger partial charge in [0.25, 0.3) is 0 Å². The Balaban J connectivity index is 0.000000303. The number of halogens is 1. The van der Waals surface area contributed by atoms with Crippen LogP contribution in [0.4, 0.5) is 0 Å². The molecule has 0 aromatic carbocycles. The first kappa shape index (κ1) is 26.2. The van der Waals surface area contributed by atoms with Gasteiger partial charge in [-0.1, -0.05) is 6.07 Å². The number of aromatic nitrogens is 2. The van der Waals surface area contributed by atoms with Crippen molar-refractivity contribution in [3.8, 4) is 11.8 Å². The van der Waals surface area contributed by atoms with Crippen LogP contribution in [0.15, 0.2) is 28.7 Å². The van der Waals surface area contributed by atoms with Crippen LogP contribution in [-0.2, 0) is 32.2 Å². The largest absolute Gasteiger partial charge is 0.490 e. The Hall–Kier alpha value is -1.80. The van der Waals surface area contributed by atoms with E-state index < -0.39 is 7.12 Å². The number of methoxy groups -OCH3 is 4. The highest BCUT2D eigenvalue weighted by atomic mass is 79.9. The summed E-state index contributed by atoms with van der Waals surface area (Å²) in [5.74, 6) is 0.963. The van der Waals surface area contributed by atoms with Gasteiger partial charge >= 0.3 is 7.12 Å². The highest BCUT2D eigenvalue weighted by Gasteiger charge is 2.18. The van der Waals surface area contributed by atoms with Gasteiger partial charge in [-0.25, -0.2) is 9.97 Å². The standard InChI is InChI=1S/C9H14BNO5.C9H12BrNO3/c1-14-6-16-5-8-7(10(12)13)3-4-9(11-8)15-2;1-12-6-14-5-8-7(10)3-4-9(11-8)13-2/h3-4,12-13H,5-6H2,1-2H3;3-4H,5-6H2,1-2H3. The van der Waals surface area contributed by atoms with Crippen molar-refractivity contribution >= 4 is 28.5 Å². The van der Waals surface area contributed by atoms with Gasteiger partial charge in [-0.3, -0.25) is 0 Å². The minimum atomic E-state index is -1.58. The molecule has 0 aliphatic rings. The number of rotatable bonds is 11. The SMILES string of the molecule is COCOCc1nc(OC)ccc1B(O)O.COCOCc1nc(OC)ccc1Br. The van der Waals surface area contributed by atoms with E-state index in [0.717, 1.165) is 10.2 Å². The van der Waals surface area contributed by atoms with Gasteiger partial charge in [0, 0.05) is 30.2 Å². The van der Waals surface area contributed by atoms with E-state index in [1.165, 1.54) is 20.3 Å². The summed E-state index contributed by atoms with van der Waals surface area (Å²) in [5.41, 5.74) is 1.49. The van der Waals surface area contributed by atoms with E-state index in [9.17, 15) is 0 Å². The molecule has 0 saturated carbocycles. The summed E-state index contributed by atoms with van der Waals surface area (Å²) < 4.78 is 30.6. The zero-order valence-electron chi connectivity index (χ0n) is 17.3. The van der Waals surface area contributed by atoms with Crippen LogP contribution >= 0.6 is 15.9 Å². The fraction of sp³-hybridized carbons (Fsp3) is 0.444. The van der Waals surface area contributed by atoms with Crippen molar-refractivity contribution in [1.29, 1.82) is 0 Å². The normalized spacial score (nSPS) is 10.2. The fourth-order valence-electron chi connectivity index (χ4n) is 2.08. The van der Waals surface area contributed by atoms with Crippen LogP contribution in [0.1, 0.15) is 11.4 Å². The molecule has 0 atom stereocenters. The third-order valence-corrected chi connectivity index (χ3v) is 4.18. The second kappa shape index (κ2) is 15.1. The van der Waals surface area contributed by atoms with Crippen LogP contribution in [0.2, 0.25) is 0 Å². The fourth-order valence-corrected chi connectivity index (χ4v) is 2.41. The predicted octanol–water partition coefficient (Wildman–Crippen LogP) is 0.864. The molecule has 0 aliphatic heterocycles. The molecule has 166 valence electrons. The van der Waals surface area contributed by atoms with Crippen molar-refractivity contribution in [2.45, 2.75) is 13.2 Å². The zero-order valence-corrected chi connectivity index (χ0v) is 18.9. The second-order valence-electron chi connectivity index (χ2n) is 5.56. The van der Waals surface area contributed by atoms with Crippen LogP contribution in [0.3, 0.4) is 0 Å². The Bertz CT molecular complexity index is 754. The van der Waals surface area contributed by atoms with E-state index in [1.807, 2.05) is 6.07 Å². The van der Waals surface area contributed by atoms with Crippen molar-refractivity contribution in [3.05, 3.63) is 40.1 Å². The lowest BCUT2D eigenvalue weighted by Gasteiger charge is -2.09. The minimum Gasteiger partial charge on any atom is -0.481 e. The first-order chi connectivity index (χ1) is 14.5. The van der Waals surface area contributed by atoms with Crippen molar-refractivity contribution in [3.63, 3.8) is 0 Å². The summed E-state index contributed by atoms with van der Waals surface area (Å²) in [5, 5.41) is 18.2. The maximum absolute atomic E-state index is 9.11. The Labute approximate surface area is 184 Å². The Morgan fingerprint density at radius 3 is 1.80 bits per heavy atom. The van der Waals surface area contributed by atoms with Gasteiger partial charge in [0.1, 0.15) is 13.6 Å². The van der Waals surface area contributed by atoms with Crippen molar-refractivity contribution in [1.82, 2.24) is 9.97 Å². The molecule has 0 unspecified atom stereocenters. The van der Waals surface area contributed by atoms with Gasteiger partial charge in [-0.15, -0.1) is 0 Å². The van der Waals surface area contributed by atoms with Crippen LogP contribution in [-0.4, -0.2) is 69.2 Å². The molecule has 2 aromatic rings. The molecule has 2 heterocycles. The summed E-state index contributed by atoms with van der Waals surface area (Å²) in [6.07, 6.45) is 0. The molecule has 0 bridgehead atoms. The van der Waals surface area contributed by atoms with E-state index in [-0.39, 0.29) is 25.7 Å². The van der Waals surface area contributed by atoms with Crippen LogP contribution in [0.5, 0.6) is 11.8 Å². The molecular formula is C18H26BBrN2O8. The van der Waals surface area contributed by atoms with E-state index in [4.69, 9.17) is 38.5 Å². The lowest BCUT2D eigenvalue weighted by molar-refractivity contribution is -0.0403. The maximum Gasteiger partial charge on any atom is 0.490 e. The molecule has 2 N–H and O–H groups in total. The van der Waals surface area contributed by atoms with Gasteiger partial charge in [0.2, 0.25) is 11.8 Å². The van der Waals surface area contributed by atoms with Crippen LogP contribution < -0.4 is 14.9 Å². The van der Waals surface area contributed by atoms with Gasteiger partial charge < -0.3 is 38.5 Å². The number of hydrogen-bond acceptors (Lipinski definition) is 10. The lowest BCUT2D eigenvalue weighted by atomic mass is 9.79. The van der Waals surface area contributed by atoms with E-state index in [1.54, 1.807) is 26.4 Å². The van der Waals surface area contributed by atoms with E-state index in [2.05, 4.69) is 25.9 Å². The molecule has 0 radical (unpaired) electrons. The highest BCUT2D eigenvalue weighted by Crippen LogP contribution is 2.19. The van der Waals surface area contributed by atoms with Gasteiger partial charge in [-0.2, -0.15) is 0 Å². The first-order valence-electron chi connectivity index (χ1n) is 8.69. The number of ether oxygens (including phenoxy) is 6. The maximum atomic E-state index is 9.11. The summed E-state index contributed by atoms with van der Waals surface area (Å²) >= 11 is 3.37.